The van der Waals surface area contributed by atoms with E-state index < -0.39 is 0 Å². The second kappa shape index (κ2) is 4.89. The molecule has 1 rings (SSSR count). The second-order valence-corrected chi connectivity index (χ2v) is 5.53. The van der Waals surface area contributed by atoms with Crippen molar-refractivity contribution < 1.29 is 4.79 Å². The minimum Gasteiger partial charge on any atom is -0.320 e. The molecule has 2 amide bonds. The van der Waals surface area contributed by atoms with Crippen LogP contribution in [0.5, 0.6) is 0 Å². The number of hydrogen-bond donors (Lipinski definition) is 1. The average Bonchev–Trinajstić information content (AvgIpc) is 2.95. The largest absolute Gasteiger partial charge is 0.321 e. The monoisotopic (exact) mass is 224 g/mol. The molecule has 1 aliphatic carbocycles. The van der Waals surface area contributed by atoms with Crippen molar-refractivity contribution >= 4 is 6.03 Å². The number of urea groups is 1. The summed E-state index contributed by atoms with van der Waals surface area (Å²) in [5.74, 6) is 0.713. The first-order valence-corrected chi connectivity index (χ1v) is 6.11. The Hall–Kier alpha value is -0.990. The SMILES string of the molecule is CCN(C(=O)N/C=C(\C)C1CC1)C(C)(C)C. The molecule has 0 aliphatic heterocycles. The van der Waals surface area contributed by atoms with Crippen LogP contribution in [0.2, 0.25) is 0 Å². The van der Waals surface area contributed by atoms with Crippen molar-refractivity contribution in [1.29, 1.82) is 0 Å². The van der Waals surface area contributed by atoms with E-state index in [4.69, 9.17) is 0 Å². The summed E-state index contributed by atoms with van der Waals surface area (Å²) in [5, 5.41) is 2.89. The maximum Gasteiger partial charge on any atom is 0.321 e. The van der Waals surface area contributed by atoms with Gasteiger partial charge in [0, 0.05) is 18.3 Å². The van der Waals surface area contributed by atoms with E-state index in [9.17, 15) is 4.79 Å². The molecule has 1 fully saturated rings. The van der Waals surface area contributed by atoms with Crippen molar-refractivity contribution in [1.82, 2.24) is 10.2 Å². The van der Waals surface area contributed by atoms with Crippen LogP contribution in [0.1, 0.15) is 47.5 Å². The Morgan fingerprint density at radius 1 is 1.44 bits per heavy atom. The third-order valence-electron chi connectivity index (χ3n) is 3.02. The highest BCUT2D eigenvalue weighted by Crippen LogP contribution is 2.35. The summed E-state index contributed by atoms with van der Waals surface area (Å²) in [5.41, 5.74) is 1.17. The molecular weight excluding hydrogens is 200 g/mol. The highest BCUT2D eigenvalue weighted by molar-refractivity contribution is 5.76. The van der Waals surface area contributed by atoms with Crippen molar-refractivity contribution in [2.75, 3.05) is 6.54 Å². The zero-order valence-corrected chi connectivity index (χ0v) is 11.1. The Morgan fingerprint density at radius 3 is 2.38 bits per heavy atom. The summed E-state index contributed by atoms with van der Waals surface area (Å²) in [6.45, 7) is 11.0. The van der Waals surface area contributed by atoms with E-state index in [-0.39, 0.29) is 11.6 Å². The van der Waals surface area contributed by atoms with Crippen molar-refractivity contribution in [2.45, 2.75) is 53.0 Å². The van der Waals surface area contributed by atoms with Crippen molar-refractivity contribution in [3.05, 3.63) is 11.8 Å². The Kier molecular flexibility index (Phi) is 4.00. The van der Waals surface area contributed by atoms with Gasteiger partial charge in [-0.15, -0.1) is 0 Å². The van der Waals surface area contributed by atoms with Crippen LogP contribution in [0.4, 0.5) is 4.79 Å². The normalized spacial score (nSPS) is 17.2. The number of allylic oxidation sites excluding steroid dienone is 1. The van der Waals surface area contributed by atoms with E-state index >= 15 is 0 Å². The minimum absolute atomic E-state index is 0.00463. The molecule has 0 heterocycles. The maximum atomic E-state index is 11.9. The summed E-state index contributed by atoms with van der Waals surface area (Å²) in [4.78, 5) is 13.8. The molecule has 0 spiro atoms. The van der Waals surface area contributed by atoms with Gasteiger partial charge in [-0.25, -0.2) is 4.79 Å². The van der Waals surface area contributed by atoms with Gasteiger partial charge >= 0.3 is 6.03 Å². The van der Waals surface area contributed by atoms with Gasteiger partial charge in [-0.2, -0.15) is 0 Å². The number of carbonyl (C=O) groups is 1. The van der Waals surface area contributed by atoms with Gasteiger partial charge in [0.1, 0.15) is 0 Å². The maximum absolute atomic E-state index is 11.9. The highest BCUT2D eigenvalue weighted by atomic mass is 16.2. The van der Waals surface area contributed by atoms with Crippen LogP contribution in [0.25, 0.3) is 0 Å². The lowest BCUT2D eigenvalue weighted by Gasteiger charge is -2.34. The number of carbonyl (C=O) groups excluding carboxylic acids is 1. The van der Waals surface area contributed by atoms with Crippen LogP contribution in [-0.4, -0.2) is 23.0 Å². The number of amides is 2. The number of nitrogens with one attached hydrogen (secondary N) is 1. The van der Waals surface area contributed by atoms with Gasteiger partial charge in [0.05, 0.1) is 0 Å². The van der Waals surface area contributed by atoms with Gasteiger partial charge in [0.25, 0.3) is 0 Å². The lowest BCUT2D eigenvalue weighted by Crippen LogP contribution is -2.49. The molecule has 1 saturated carbocycles. The molecule has 0 unspecified atom stereocenters. The van der Waals surface area contributed by atoms with Crippen LogP contribution in [-0.2, 0) is 0 Å². The second-order valence-electron chi connectivity index (χ2n) is 5.53. The standard InChI is InChI=1S/C13H24N2O/c1-6-15(13(3,4)5)12(16)14-9-10(2)11-7-8-11/h9,11H,6-8H2,1-5H3,(H,14,16)/b10-9+. The number of hydrogen-bond acceptors (Lipinski definition) is 1. The molecular formula is C13H24N2O. The molecule has 0 atom stereocenters. The van der Waals surface area contributed by atoms with Crippen LogP contribution < -0.4 is 5.32 Å². The molecule has 0 aromatic carbocycles. The first-order chi connectivity index (χ1) is 7.36. The topological polar surface area (TPSA) is 32.3 Å². The predicted octanol–water partition coefficient (Wildman–Crippen LogP) is 3.13. The smallest absolute Gasteiger partial charge is 0.320 e. The molecule has 0 bridgehead atoms. The summed E-state index contributed by atoms with van der Waals surface area (Å²) in [6, 6.07) is -0.00463. The summed E-state index contributed by atoms with van der Waals surface area (Å²) in [7, 11) is 0. The summed E-state index contributed by atoms with van der Waals surface area (Å²) < 4.78 is 0. The van der Waals surface area contributed by atoms with E-state index in [0.717, 1.165) is 6.54 Å². The van der Waals surface area contributed by atoms with E-state index in [1.165, 1.54) is 18.4 Å². The van der Waals surface area contributed by atoms with Gasteiger partial charge in [-0.05, 0) is 53.4 Å². The third-order valence-corrected chi connectivity index (χ3v) is 3.02. The molecule has 0 radical (unpaired) electrons. The molecule has 1 N–H and O–H groups in total. The van der Waals surface area contributed by atoms with Gasteiger partial charge in [0.15, 0.2) is 0 Å². The fourth-order valence-corrected chi connectivity index (χ4v) is 1.83. The van der Waals surface area contributed by atoms with Gasteiger partial charge in [0.2, 0.25) is 0 Å². The lowest BCUT2D eigenvalue weighted by molar-refractivity contribution is 0.153. The highest BCUT2D eigenvalue weighted by Gasteiger charge is 2.25. The average molecular weight is 224 g/mol. The van der Waals surface area contributed by atoms with E-state index in [2.05, 4.69) is 12.2 Å². The van der Waals surface area contributed by atoms with E-state index in [1.54, 1.807) is 0 Å². The zero-order valence-electron chi connectivity index (χ0n) is 11.1. The fraction of sp³-hybridized carbons (Fsp3) is 0.769. The Labute approximate surface area is 98.9 Å². The third kappa shape index (κ3) is 3.54. The Morgan fingerprint density at radius 2 is 2.00 bits per heavy atom. The van der Waals surface area contributed by atoms with Crippen LogP contribution in [0, 0.1) is 5.92 Å². The van der Waals surface area contributed by atoms with E-state index in [0.29, 0.717) is 5.92 Å². The summed E-state index contributed by atoms with van der Waals surface area (Å²) in [6.07, 6.45) is 4.42. The van der Waals surface area contributed by atoms with Gasteiger partial charge < -0.3 is 10.2 Å². The molecule has 1 aliphatic rings. The molecule has 92 valence electrons. The van der Waals surface area contributed by atoms with E-state index in [1.807, 2.05) is 38.8 Å². The Bertz CT molecular complexity index is 285. The lowest BCUT2D eigenvalue weighted by atomic mass is 10.1. The minimum atomic E-state index is -0.125. The first kappa shape index (κ1) is 13.1. The first-order valence-electron chi connectivity index (χ1n) is 6.11. The molecule has 0 saturated heterocycles. The van der Waals surface area contributed by atoms with Crippen molar-refractivity contribution in [3.8, 4) is 0 Å². The number of nitrogens with zero attached hydrogens (tertiary/aromatic N) is 1. The molecule has 3 heteroatoms. The molecule has 16 heavy (non-hydrogen) atoms. The molecule has 0 aromatic rings. The number of rotatable bonds is 3. The van der Waals surface area contributed by atoms with Crippen LogP contribution in [0.3, 0.4) is 0 Å². The Balaban J connectivity index is 2.52. The van der Waals surface area contributed by atoms with Gasteiger partial charge in [-0.3, -0.25) is 0 Å². The van der Waals surface area contributed by atoms with Crippen molar-refractivity contribution in [2.24, 2.45) is 5.92 Å². The quantitative estimate of drug-likeness (QED) is 0.784. The zero-order chi connectivity index (χ0) is 12.3. The van der Waals surface area contributed by atoms with Gasteiger partial charge in [-0.1, -0.05) is 5.57 Å². The molecule has 3 nitrogen and oxygen atoms in total. The summed E-state index contributed by atoms with van der Waals surface area (Å²) >= 11 is 0. The molecule has 0 aromatic heterocycles. The predicted molar refractivity (Wildman–Crippen MR) is 67.1 cm³/mol. The fourth-order valence-electron chi connectivity index (χ4n) is 1.83. The van der Waals surface area contributed by atoms with Crippen LogP contribution in [0.15, 0.2) is 11.8 Å². The van der Waals surface area contributed by atoms with Crippen LogP contribution >= 0.6 is 0 Å². The van der Waals surface area contributed by atoms with Crippen molar-refractivity contribution in [3.63, 3.8) is 0 Å².